The second-order valence-electron chi connectivity index (χ2n) is 6.82. The molecule has 1 saturated heterocycles. The fourth-order valence-corrected chi connectivity index (χ4v) is 4.32. The van der Waals surface area contributed by atoms with Gasteiger partial charge in [-0.25, -0.2) is 0 Å². The number of hydrogen-bond donors (Lipinski definition) is 2. The van der Waals surface area contributed by atoms with Crippen LogP contribution in [0.3, 0.4) is 0 Å². The van der Waals surface area contributed by atoms with Crippen LogP contribution in [0.1, 0.15) is 32.1 Å². The third-order valence-electron chi connectivity index (χ3n) is 5.42. The highest BCUT2D eigenvalue weighted by Crippen LogP contribution is 2.45. The Balaban J connectivity index is 1.45. The normalized spacial score (nSPS) is 32.2. The first-order chi connectivity index (χ1) is 10.4. The third kappa shape index (κ3) is 2.84. The maximum atomic E-state index is 4.30. The van der Waals surface area contributed by atoms with Gasteiger partial charge in [0.1, 0.15) is 0 Å². The van der Waals surface area contributed by atoms with Crippen molar-refractivity contribution < 1.29 is 0 Å². The number of nitrogens with one attached hydrogen (secondary N) is 2. The zero-order valence-electron chi connectivity index (χ0n) is 12.6. The second-order valence-corrected chi connectivity index (χ2v) is 6.82. The molecule has 2 saturated carbocycles. The lowest BCUT2D eigenvalue weighted by atomic mass is 9.95. The molecule has 3 unspecified atom stereocenters. The molecule has 3 fully saturated rings. The molecule has 21 heavy (non-hydrogen) atoms. The zero-order valence-corrected chi connectivity index (χ0v) is 12.6. The van der Waals surface area contributed by atoms with Crippen LogP contribution in [-0.4, -0.2) is 42.4 Å². The van der Waals surface area contributed by atoms with E-state index >= 15 is 0 Å². The van der Waals surface area contributed by atoms with Crippen LogP contribution in [0.5, 0.6) is 0 Å². The van der Waals surface area contributed by atoms with Crippen molar-refractivity contribution >= 4 is 11.5 Å². The summed E-state index contributed by atoms with van der Waals surface area (Å²) in [5.41, 5.74) is 1.21. The van der Waals surface area contributed by atoms with Crippen LogP contribution in [-0.2, 0) is 0 Å². The van der Waals surface area contributed by atoms with E-state index in [1.165, 1.54) is 37.8 Å². The number of nitrogens with zero attached hydrogens (tertiary/aromatic N) is 3. The molecule has 2 heterocycles. The average Bonchev–Trinajstić information content (AvgIpc) is 3.01. The third-order valence-corrected chi connectivity index (χ3v) is 5.42. The van der Waals surface area contributed by atoms with Crippen molar-refractivity contribution in [3.63, 3.8) is 0 Å². The van der Waals surface area contributed by atoms with E-state index in [9.17, 15) is 0 Å². The molecule has 1 aromatic rings. The summed E-state index contributed by atoms with van der Waals surface area (Å²) in [6, 6.07) is 2.81. The minimum atomic E-state index is 0.624. The highest BCUT2D eigenvalue weighted by Gasteiger charge is 2.39. The molecule has 1 aliphatic heterocycles. The molecule has 2 aliphatic carbocycles. The van der Waals surface area contributed by atoms with Crippen molar-refractivity contribution in [2.45, 2.75) is 38.1 Å². The number of hydrogen-bond acceptors (Lipinski definition) is 5. The van der Waals surface area contributed by atoms with Crippen molar-refractivity contribution in [1.82, 2.24) is 15.5 Å². The Bertz CT molecular complexity index is 483. The molecule has 2 N–H and O–H groups in total. The number of aromatic nitrogens is 2. The first-order valence-corrected chi connectivity index (χ1v) is 8.43. The summed E-state index contributed by atoms with van der Waals surface area (Å²) in [6.45, 7) is 4.33. The molecule has 0 aromatic carbocycles. The average molecular weight is 287 g/mol. The predicted molar refractivity (Wildman–Crippen MR) is 84.6 cm³/mol. The van der Waals surface area contributed by atoms with Gasteiger partial charge in [-0.05, 0) is 44.1 Å². The van der Waals surface area contributed by atoms with E-state index in [1.807, 2.05) is 6.20 Å². The molecular formula is C16H25N5. The summed E-state index contributed by atoms with van der Waals surface area (Å²) in [5, 5.41) is 15.6. The van der Waals surface area contributed by atoms with Gasteiger partial charge in [0.2, 0.25) is 0 Å². The predicted octanol–water partition coefficient (Wildman–Crippen LogP) is 1.88. The van der Waals surface area contributed by atoms with Gasteiger partial charge in [0.15, 0.2) is 5.82 Å². The van der Waals surface area contributed by atoms with Gasteiger partial charge >= 0.3 is 0 Å². The van der Waals surface area contributed by atoms with E-state index < -0.39 is 0 Å². The first kappa shape index (κ1) is 13.3. The van der Waals surface area contributed by atoms with Crippen molar-refractivity contribution in [2.24, 2.45) is 11.8 Å². The Morgan fingerprint density at radius 1 is 1.19 bits per heavy atom. The fraction of sp³-hybridized carbons (Fsp3) is 0.750. The monoisotopic (exact) mass is 287 g/mol. The van der Waals surface area contributed by atoms with Gasteiger partial charge in [0, 0.05) is 31.7 Å². The molecule has 3 atom stereocenters. The van der Waals surface area contributed by atoms with E-state index in [1.54, 1.807) is 0 Å². The SMILES string of the molecule is c1nnc(NC2CC3CCC2C3)cc1N1CCCNCC1. The molecule has 0 radical (unpaired) electrons. The molecule has 2 bridgehead atoms. The molecule has 114 valence electrons. The number of anilines is 2. The molecule has 3 aliphatic rings. The van der Waals surface area contributed by atoms with E-state index in [0.717, 1.165) is 43.8 Å². The van der Waals surface area contributed by atoms with Gasteiger partial charge in [0.05, 0.1) is 11.9 Å². The summed E-state index contributed by atoms with van der Waals surface area (Å²) < 4.78 is 0. The van der Waals surface area contributed by atoms with E-state index in [-0.39, 0.29) is 0 Å². The highest BCUT2D eigenvalue weighted by molar-refractivity contribution is 5.52. The van der Waals surface area contributed by atoms with Crippen LogP contribution in [0.2, 0.25) is 0 Å². The summed E-state index contributed by atoms with van der Waals surface area (Å²) >= 11 is 0. The van der Waals surface area contributed by atoms with Gasteiger partial charge < -0.3 is 15.5 Å². The molecule has 0 amide bonds. The quantitative estimate of drug-likeness (QED) is 0.889. The van der Waals surface area contributed by atoms with Gasteiger partial charge in [-0.1, -0.05) is 6.42 Å². The van der Waals surface area contributed by atoms with Gasteiger partial charge in [-0.3, -0.25) is 0 Å². The molecule has 5 nitrogen and oxygen atoms in total. The van der Waals surface area contributed by atoms with E-state index in [4.69, 9.17) is 0 Å². The van der Waals surface area contributed by atoms with Crippen LogP contribution in [0.25, 0.3) is 0 Å². The summed E-state index contributed by atoms with van der Waals surface area (Å²) in [5.74, 6) is 2.78. The lowest BCUT2D eigenvalue weighted by Gasteiger charge is -2.25. The minimum absolute atomic E-state index is 0.624. The smallest absolute Gasteiger partial charge is 0.150 e. The van der Waals surface area contributed by atoms with Crippen LogP contribution in [0.15, 0.2) is 12.3 Å². The van der Waals surface area contributed by atoms with Gasteiger partial charge in [-0.2, -0.15) is 5.10 Å². The lowest BCUT2D eigenvalue weighted by Crippen LogP contribution is -2.29. The van der Waals surface area contributed by atoms with Crippen LogP contribution in [0, 0.1) is 11.8 Å². The van der Waals surface area contributed by atoms with Crippen molar-refractivity contribution in [1.29, 1.82) is 0 Å². The van der Waals surface area contributed by atoms with Crippen molar-refractivity contribution in [2.75, 3.05) is 36.4 Å². The summed E-state index contributed by atoms with van der Waals surface area (Å²) in [4.78, 5) is 2.42. The molecule has 0 spiro atoms. The van der Waals surface area contributed by atoms with Crippen LogP contribution >= 0.6 is 0 Å². The standard InChI is InChI=1S/C16H25N5/c1-4-17-5-7-21(6-1)14-10-16(20-18-11-14)19-15-9-12-2-3-13(15)8-12/h10-13,15,17H,1-9H2,(H,19,20). The summed E-state index contributed by atoms with van der Waals surface area (Å²) in [6.07, 6.45) is 8.67. The van der Waals surface area contributed by atoms with Gasteiger partial charge in [0.25, 0.3) is 0 Å². The number of fused-ring (bicyclic) bond motifs is 2. The Morgan fingerprint density at radius 3 is 3.05 bits per heavy atom. The van der Waals surface area contributed by atoms with Crippen molar-refractivity contribution in [3.8, 4) is 0 Å². The molecule has 4 rings (SSSR count). The molecule has 5 heteroatoms. The Kier molecular flexibility index (Phi) is 3.67. The van der Waals surface area contributed by atoms with E-state index in [2.05, 4.69) is 31.8 Å². The Hall–Kier alpha value is -1.36. The van der Waals surface area contributed by atoms with Crippen LogP contribution < -0.4 is 15.5 Å². The van der Waals surface area contributed by atoms with Crippen molar-refractivity contribution in [3.05, 3.63) is 12.3 Å². The van der Waals surface area contributed by atoms with Crippen LogP contribution in [0.4, 0.5) is 11.5 Å². The maximum Gasteiger partial charge on any atom is 0.150 e. The minimum Gasteiger partial charge on any atom is -0.369 e. The molecular weight excluding hydrogens is 262 g/mol. The Morgan fingerprint density at radius 2 is 2.19 bits per heavy atom. The zero-order chi connectivity index (χ0) is 14.1. The lowest BCUT2D eigenvalue weighted by molar-refractivity contribution is 0.438. The molecule has 1 aromatic heterocycles. The fourth-order valence-electron chi connectivity index (χ4n) is 4.32. The largest absolute Gasteiger partial charge is 0.369 e. The highest BCUT2D eigenvalue weighted by atomic mass is 15.2. The van der Waals surface area contributed by atoms with E-state index in [0.29, 0.717) is 6.04 Å². The Labute approximate surface area is 126 Å². The summed E-state index contributed by atoms with van der Waals surface area (Å²) in [7, 11) is 0. The maximum absolute atomic E-state index is 4.30. The second kappa shape index (κ2) is 5.79. The topological polar surface area (TPSA) is 53.1 Å². The number of rotatable bonds is 3. The van der Waals surface area contributed by atoms with Gasteiger partial charge in [-0.15, -0.1) is 5.10 Å². The first-order valence-electron chi connectivity index (χ1n) is 8.43.